The molecule has 1 saturated heterocycles. The minimum absolute atomic E-state index is 0.0228. The maximum atomic E-state index is 12.8. The van der Waals surface area contributed by atoms with Crippen molar-refractivity contribution in [3.63, 3.8) is 0 Å². The van der Waals surface area contributed by atoms with Crippen LogP contribution >= 0.6 is 0 Å². The molecule has 2 amide bonds. The summed E-state index contributed by atoms with van der Waals surface area (Å²) in [5.74, 6) is 0.0000321. The van der Waals surface area contributed by atoms with Crippen molar-refractivity contribution >= 4 is 22.8 Å². The number of rotatable bonds is 6. The van der Waals surface area contributed by atoms with Crippen LogP contribution in [0.5, 0.6) is 0 Å². The second-order valence-corrected chi connectivity index (χ2v) is 7.05. The molecule has 146 valence electrons. The number of carbonyl (C=O) groups is 2. The second-order valence-electron chi connectivity index (χ2n) is 7.05. The Bertz CT molecular complexity index is 875. The standard InChI is InChI=1S/C20H28N4O3/c1-3-11-21-19(26)15-9-12-22(13-10-15)18(25)14-24-17-8-6-5-7-16(17)23(4-2)20(24)27/h5-8,15H,3-4,9-14H2,1-2H3,(H,21,26). The number of nitrogens with one attached hydrogen (secondary N) is 1. The van der Waals surface area contributed by atoms with Gasteiger partial charge < -0.3 is 10.2 Å². The van der Waals surface area contributed by atoms with Gasteiger partial charge >= 0.3 is 5.69 Å². The average Bonchev–Trinajstić information content (AvgIpc) is 2.97. The number of amides is 2. The van der Waals surface area contributed by atoms with Crippen molar-refractivity contribution in [1.29, 1.82) is 0 Å². The van der Waals surface area contributed by atoms with Gasteiger partial charge in [0.05, 0.1) is 11.0 Å². The van der Waals surface area contributed by atoms with Crippen molar-refractivity contribution < 1.29 is 9.59 Å². The van der Waals surface area contributed by atoms with E-state index in [9.17, 15) is 14.4 Å². The summed E-state index contributed by atoms with van der Waals surface area (Å²) in [4.78, 5) is 39.3. The summed E-state index contributed by atoms with van der Waals surface area (Å²) >= 11 is 0. The monoisotopic (exact) mass is 372 g/mol. The Labute approximate surface area is 158 Å². The van der Waals surface area contributed by atoms with Gasteiger partial charge in [0.25, 0.3) is 0 Å². The molecule has 2 heterocycles. The molecule has 0 spiro atoms. The predicted octanol–water partition coefficient (Wildman–Crippen LogP) is 1.59. The zero-order valence-electron chi connectivity index (χ0n) is 16.1. The number of carbonyl (C=O) groups excluding carboxylic acids is 2. The lowest BCUT2D eigenvalue weighted by Crippen LogP contribution is -2.44. The Morgan fingerprint density at radius 1 is 1.07 bits per heavy atom. The van der Waals surface area contributed by atoms with Gasteiger partial charge in [-0.1, -0.05) is 19.1 Å². The van der Waals surface area contributed by atoms with Gasteiger partial charge in [-0.3, -0.25) is 18.7 Å². The number of nitrogens with zero attached hydrogens (tertiary/aromatic N) is 3. The van der Waals surface area contributed by atoms with Crippen molar-refractivity contribution in [2.75, 3.05) is 19.6 Å². The van der Waals surface area contributed by atoms with E-state index < -0.39 is 0 Å². The van der Waals surface area contributed by atoms with E-state index in [0.29, 0.717) is 39.0 Å². The molecule has 7 nitrogen and oxygen atoms in total. The number of para-hydroxylation sites is 2. The number of fused-ring (bicyclic) bond motifs is 1. The zero-order valence-corrected chi connectivity index (χ0v) is 16.1. The summed E-state index contributed by atoms with van der Waals surface area (Å²) in [5.41, 5.74) is 1.48. The van der Waals surface area contributed by atoms with Gasteiger partial charge in [0.15, 0.2) is 0 Å². The number of hydrogen-bond donors (Lipinski definition) is 1. The van der Waals surface area contributed by atoms with E-state index in [4.69, 9.17) is 0 Å². The van der Waals surface area contributed by atoms with E-state index in [2.05, 4.69) is 5.32 Å². The first-order chi connectivity index (χ1) is 13.1. The van der Waals surface area contributed by atoms with E-state index in [1.165, 1.54) is 0 Å². The molecular formula is C20H28N4O3. The number of imidazole rings is 1. The highest BCUT2D eigenvalue weighted by Crippen LogP contribution is 2.18. The van der Waals surface area contributed by atoms with Crippen LogP contribution in [0.15, 0.2) is 29.1 Å². The van der Waals surface area contributed by atoms with Gasteiger partial charge in [0.2, 0.25) is 11.8 Å². The van der Waals surface area contributed by atoms with Crippen LogP contribution in [0.1, 0.15) is 33.1 Å². The predicted molar refractivity (Wildman–Crippen MR) is 104 cm³/mol. The number of benzene rings is 1. The molecule has 1 aliphatic rings. The highest BCUT2D eigenvalue weighted by Gasteiger charge is 2.27. The maximum Gasteiger partial charge on any atom is 0.329 e. The van der Waals surface area contributed by atoms with Crippen LogP contribution in [0.3, 0.4) is 0 Å². The largest absolute Gasteiger partial charge is 0.356 e. The van der Waals surface area contributed by atoms with Crippen LogP contribution < -0.4 is 11.0 Å². The Hall–Kier alpha value is -2.57. The molecule has 7 heteroatoms. The van der Waals surface area contributed by atoms with E-state index in [0.717, 1.165) is 17.5 Å². The summed E-state index contributed by atoms with van der Waals surface area (Å²) < 4.78 is 3.24. The van der Waals surface area contributed by atoms with Crippen LogP contribution in [0.2, 0.25) is 0 Å². The highest BCUT2D eigenvalue weighted by atomic mass is 16.2. The summed E-state index contributed by atoms with van der Waals surface area (Å²) in [6, 6.07) is 7.56. The minimum atomic E-state index is -0.152. The molecule has 27 heavy (non-hydrogen) atoms. The molecule has 2 aromatic rings. The SMILES string of the molecule is CCCNC(=O)C1CCN(C(=O)Cn2c(=O)n(CC)c3ccccc32)CC1. The van der Waals surface area contributed by atoms with Crippen LogP contribution in [-0.4, -0.2) is 45.5 Å². The van der Waals surface area contributed by atoms with Crippen LogP contribution in [0.4, 0.5) is 0 Å². The summed E-state index contributed by atoms with van der Waals surface area (Å²) in [5, 5.41) is 2.93. The summed E-state index contributed by atoms with van der Waals surface area (Å²) in [6.45, 7) is 6.38. The quantitative estimate of drug-likeness (QED) is 0.837. The van der Waals surface area contributed by atoms with Crippen LogP contribution in [0, 0.1) is 5.92 Å². The van der Waals surface area contributed by atoms with Gasteiger partial charge in [-0.05, 0) is 38.3 Å². The first-order valence-electron chi connectivity index (χ1n) is 9.80. The van der Waals surface area contributed by atoms with Crippen molar-refractivity contribution in [2.45, 2.75) is 46.2 Å². The number of likely N-dealkylation sites (tertiary alicyclic amines) is 1. The molecule has 0 saturated carbocycles. The van der Waals surface area contributed by atoms with Gasteiger partial charge in [-0.2, -0.15) is 0 Å². The van der Waals surface area contributed by atoms with E-state index >= 15 is 0 Å². The lowest BCUT2D eigenvalue weighted by Gasteiger charge is -2.31. The van der Waals surface area contributed by atoms with Gasteiger partial charge in [0, 0.05) is 32.1 Å². The molecule has 0 bridgehead atoms. The molecule has 0 aliphatic carbocycles. The van der Waals surface area contributed by atoms with Gasteiger partial charge in [0.1, 0.15) is 6.54 Å². The molecule has 1 aliphatic heterocycles. The summed E-state index contributed by atoms with van der Waals surface area (Å²) in [6.07, 6.45) is 2.27. The van der Waals surface area contributed by atoms with Crippen molar-refractivity contribution in [3.05, 3.63) is 34.7 Å². The second kappa shape index (κ2) is 8.41. The number of aryl methyl sites for hydroxylation is 1. The Balaban J connectivity index is 1.67. The topological polar surface area (TPSA) is 76.3 Å². The number of hydrogen-bond acceptors (Lipinski definition) is 3. The van der Waals surface area contributed by atoms with Crippen molar-refractivity contribution in [1.82, 2.24) is 19.4 Å². The molecular weight excluding hydrogens is 344 g/mol. The molecule has 3 rings (SSSR count). The van der Waals surface area contributed by atoms with E-state index in [1.807, 2.05) is 38.1 Å². The van der Waals surface area contributed by atoms with Crippen molar-refractivity contribution in [3.8, 4) is 0 Å². The van der Waals surface area contributed by atoms with Crippen LogP contribution in [-0.2, 0) is 22.7 Å². The third kappa shape index (κ3) is 3.91. The number of piperidine rings is 1. The minimum Gasteiger partial charge on any atom is -0.356 e. The molecule has 0 unspecified atom stereocenters. The first-order valence-corrected chi connectivity index (χ1v) is 9.80. The van der Waals surface area contributed by atoms with E-state index in [-0.39, 0.29) is 30.0 Å². The molecule has 1 aromatic heterocycles. The van der Waals surface area contributed by atoms with Crippen molar-refractivity contribution in [2.24, 2.45) is 5.92 Å². The number of aromatic nitrogens is 2. The maximum absolute atomic E-state index is 12.8. The van der Waals surface area contributed by atoms with Gasteiger partial charge in [-0.15, -0.1) is 0 Å². The third-order valence-electron chi connectivity index (χ3n) is 5.30. The molecule has 0 atom stereocenters. The molecule has 1 N–H and O–H groups in total. The average molecular weight is 372 g/mol. The van der Waals surface area contributed by atoms with Crippen LogP contribution in [0.25, 0.3) is 11.0 Å². The fourth-order valence-electron chi connectivity index (χ4n) is 3.75. The molecule has 1 aromatic carbocycles. The lowest BCUT2D eigenvalue weighted by atomic mass is 9.96. The Morgan fingerprint density at radius 2 is 1.70 bits per heavy atom. The Morgan fingerprint density at radius 3 is 2.30 bits per heavy atom. The molecule has 1 fully saturated rings. The Kier molecular flexibility index (Phi) is 5.98. The van der Waals surface area contributed by atoms with E-state index in [1.54, 1.807) is 14.0 Å². The molecule has 0 radical (unpaired) electrons. The first kappa shape index (κ1) is 19.2. The fraction of sp³-hybridized carbons (Fsp3) is 0.550. The normalized spacial score (nSPS) is 15.3. The van der Waals surface area contributed by atoms with Gasteiger partial charge in [-0.25, -0.2) is 4.79 Å². The smallest absolute Gasteiger partial charge is 0.329 e. The highest BCUT2D eigenvalue weighted by molar-refractivity contribution is 5.82. The fourth-order valence-corrected chi connectivity index (χ4v) is 3.75. The zero-order chi connectivity index (χ0) is 19.4. The summed E-state index contributed by atoms with van der Waals surface area (Å²) in [7, 11) is 0. The lowest BCUT2D eigenvalue weighted by molar-refractivity contribution is -0.136. The third-order valence-corrected chi connectivity index (χ3v) is 5.30.